The molecule has 0 fully saturated rings. The number of carbonyl (C=O) groups excluding carboxylic acids is 1. The molecule has 0 saturated carbocycles. The van der Waals surface area contributed by atoms with E-state index in [1.165, 1.54) is 0 Å². The third kappa shape index (κ3) is 5.43. The summed E-state index contributed by atoms with van der Waals surface area (Å²) in [5, 5.41) is 3.10. The molecule has 0 aliphatic carbocycles. The van der Waals surface area contributed by atoms with E-state index in [1.54, 1.807) is 7.11 Å². The third-order valence-corrected chi connectivity index (χ3v) is 4.86. The molecule has 2 aromatic rings. The van der Waals surface area contributed by atoms with E-state index < -0.39 is 0 Å². The summed E-state index contributed by atoms with van der Waals surface area (Å²) >= 11 is 0. The number of aryl methyl sites for hydroxylation is 1. The lowest BCUT2D eigenvalue weighted by molar-refractivity contribution is 0.0939. The largest absolute Gasteiger partial charge is 0.496 e. The lowest BCUT2D eigenvalue weighted by Gasteiger charge is -2.19. The first-order valence-electron chi connectivity index (χ1n) is 10.2. The van der Waals surface area contributed by atoms with Gasteiger partial charge in [0.05, 0.1) is 26.4 Å². The molecule has 1 atom stereocenters. The number of ether oxygens (including phenoxy) is 3. The van der Waals surface area contributed by atoms with Gasteiger partial charge in [0.25, 0.3) is 5.91 Å². The summed E-state index contributed by atoms with van der Waals surface area (Å²) in [5.41, 5.74) is 3.53. The van der Waals surface area contributed by atoms with Gasteiger partial charge >= 0.3 is 0 Å². The SMILES string of the molecule is CCOc1ccc([C@H](C)NC(=O)c2cc(C(C)C)c(OC)cc2C)cc1OCC. The van der Waals surface area contributed by atoms with E-state index in [-0.39, 0.29) is 17.9 Å². The Labute approximate surface area is 174 Å². The van der Waals surface area contributed by atoms with Crippen LogP contribution in [0, 0.1) is 6.92 Å². The van der Waals surface area contributed by atoms with Crippen molar-refractivity contribution in [3.8, 4) is 17.2 Å². The smallest absolute Gasteiger partial charge is 0.252 e. The summed E-state index contributed by atoms with van der Waals surface area (Å²) < 4.78 is 16.8. The minimum absolute atomic E-state index is 0.105. The van der Waals surface area contributed by atoms with Crippen molar-refractivity contribution in [3.05, 3.63) is 52.6 Å². The van der Waals surface area contributed by atoms with Crippen molar-refractivity contribution in [1.29, 1.82) is 0 Å². The summed E-state index contributed by atoms with van der Waals surface area (Å²) in [6.07, 6.45) is 0. The molecule has 2 rings (SSSR count). The predicted octanol–water partition coefficient (Wildman–Crippen LogP) is 5.42. The van der Waals surface area contributed by atoms with Crippen LogP contribution >= 0.6 is 0 Å². The van der Waals surface area contributed by atoms with Gasteiger partial charge in [0.15, 0.2) is 11.5 Å². The van der Waals surface area contributed by atoms with E-state index >= 15 is 0 Å². The van der Waals surface area contributed by atoms with Gasteiger partial charge in [-0.3, -0.25) is 4.79 Å². The van der Waals surface area contributed by atoms with Crippen molar-refractivity contribution in [2.45, 2.75) is 53.5 Å². The Kier molecular flexibility index (Phi) is 7.94. The van der Waals surface area contributed by atoms with E-state index in [1.807, 2.05) is 58.0 Å². The van der Waals surface area contributed by atoms with Gasteiger partial charge in [0.1, 0.15) is 5.75 Å². The molecule has 0 aliphatic rings. The maximum absolute atomic E-state index is 13.0. The highest BCUT2D eigenvalue weighted by molar-refractivity contribution is 5.96. The monoisotopic (exact) mass is 399 g/mol. The van der Waals surface area contributed by atoms with Crippen LogP contribution in [0.25, 0.3) is 0 Å². The fourth-order valence-corrected chi connectivity index (χ4v) is 3.27. The van der Waals surface area contributed by atoms with Gasteiger partial charge in [-0.05, 0) is 74.6 Å². The summed E-state index contributed by atoms with van der Waals surface area (Å²) in [4.78, 5) is 13.0. The van der Waals surface area contributed by atoms with Gasteiger partial charge in [-0.15, -0.1) is 0 Å². The molecule has 5 heteroatoms. The molecule has 29 heavy (non-hydrogen) atoms. The van der Waals surface area contributed by atoms with Crippen LogP contribution in [0.3, 0.4) is 0 Å². The zero-order valence-electron chi connectivity index (χ0n) is 18.6. The molecule has 2 aromatic carbocycles. The second-order valence-electron chi connectivity index (χ2n) is 7.33. The Hall–Kier alpha value is -2.69. The van der Waals surface area contributed by atoms with Crippen LogP contribution in [0.2, 0.25) is 0 Å². The van der Waals surface area contributed by atoms with Crippen molar-refractivity contribution in [1.82, 2.24) is 5.32 Å². The van der Waals surface area contributed by atoms with Crippen LogP contribution < -0.4 is 19.5 Å². The standard InChI is InChI=1S/C24H33NO4/c1-8-28-21-11-10-18(13-23(21)29-9-2)17(6)25-24(26)20-14-19(15(3)4)22(27-7)12-16(20)5/h10-15,17H,8-9H2,1-7H3,(H,25,26)/t17-/m0/s1. The number of carbonyl (C=O) groups is 1. The van der Waals surface area contributed by atoms with Crippen molar-refractivity contribution in [2.24, 2.45) is 0 Å². The van der Waals surface area contributed by atoms with Crippen molar-refractivity contribution in [3.63, 3.8) is 0 Å². The summed E-state index contributed by atoms with van der Waals surface area (Å²) in [5.74, 6) is 2.37. The molecular weight excluding hydrogens is 366 g/mol. The Morgan fingerprint density at radius 1 is 0.966 bits per heavy atom. The topological polar surface area (TPSA) is 56.8 Å². The molecule has 0 aliphatic heterocycles. The van der Waals surface area contributed by atoms with Gasteiger partial charge in [-0.2, -0.15) is 0 Å². The first kappa shape index (κ1) is 22.6. The zero-order valence-corrected chi connectivity index (χ0v) is 18.6. The lowest BCUT2D eigenvalue weighted by atomic mass is 9.95. The normalized spacial score (nSPS) is 11.9. The van der Waals surface area contributed by atoms with Gasteiger partial charge in [0.2, 0.25) is 0 Å². The van der Waals surface area contributed by atoms with E-state index in [0.29, 0.717) is 30.3 Å². The number of benzene rings is 2. The van der Waals surface area contributed by atoms with E-state index in [0.717, 1.165) is 22.4 Å². The molecule has 0 radical (unpaired) electrons. The van der Waals surface area contributed by atoms with Crippen molar-refractivity contribution < 1.29 is 19.0 Å². The van der Waals surface area contributed by atoms with Crippen molar-refractivity contribution >= 4 is 5.91 Å². The molecule has 1 N–H and O–H groups in total. The molecule has 0 spiro atoms. The fraction of sp³-hybridized carbons (Fsp3) is 0.458. The van der Waals surface area contributed by atoms with Crippen LogP contribution in [-0.2, 0) is 0 Å². The quantitative estimate of drug-likeness (QED) is 0.612. The second-order valence-corrected chi connectivity index (χ2v) is 7.33. The number of nitrogens with one attached hydrogen (secondary N) is 1. The minimum atomic E-state index is -0.179. The average molecular weight is 400 g/mol. The van der Waals surface area contributed by atoms with Crippen LogP contribution in [0.1, 0.15) is 73.6 Å². The molecule has 0 unspecified atom stereocenters. The lowest BCUT2D eigenvalue weighted by Crippen LogP contribution is -2.27. The molecule has 0 bridgehead atoms. The Morgan fingerprint density at radius 2 is 1.62 bits per heavy atom. The highest BCUT2D eigenvalue weighted by Gasteiger charge is 2.19. The Balaban J connectivity index is 2.27. The number of methoxy groups -OCH3 is 1. The predicted molar refractivity (Wildman–Crippen MR) is 116 cm³/mol. The highest BCUT2D eigenvalue weighted by atomic mass is 16.5. The fourth-order valence-electron chi connectivity index (χ4n) is 3.27. The van der Waals surface area contributed by atoms with Crippen molar-refractivity contribution in [2.75, 3.05) is 20.3 Å². The summed E-state index contributed by atoms with van der Waals surface area (Å²) in [6.45, 7) is 13.1. The van der Waals surface area contributed by atoms with E-state index in [2.05, 4.69) is 19.2 Å². The first-order chi connectivity index (χ1) is 13.8. The van der Waals surface area contributed by atoms with Crippen LogP contribution in [0.5, 0.6) is 17.2 Å². The maximum atomic E-state index is 13.0. The maximum Gasteiger partial charge on any atom is 0.252 e. The Morgan fingerprint density at radius 3 is 2.21 bits per heavy atom. The highest BCUT2D eigenvalue weighted by Crippen LogP contribution is 2.32. The second kappa shape index (κ2) is 10.2. The van der Waals surface area contributed by atoms with Crippen LogP contribution in [0.15, 0.2) is 30.3 Å². The zero-order chi connectivity index (χ0) is 21.6. The van der Waals surface area contributed by atoms with E-state index in [9.17, 15) is 4.79 Å². The summed E-state index contributed by atoms with van der Waals surface area (Å²) in [7, 11) is 1.66. The minimum Gasteiger partial charge on any atom is -0.496 e. The summed E-state index contributed by atoms with van der Waals surface area (Å²) in [6, 6.07) is 9.46. The first-order valence-corrected chi connectivity index (χ1v) is 10.2. The van der Waals surface area contributed by atoms with Gasteiger partial charge in [-0.1, -0.05) is 19.9 Å². The van der Waals surface area contributed by atoms with Crippen LogP contribution in [0.4, 0.5) is 0 Å². The molecular formula is C24H33NO4. The molecule has 5 nitrogen and oxygen atoms in total. The molecule has 0 aromatic heterocycles. The molecule has 158 valence electrons. The molecule has 1 amide bonds. The third-order valence-electron chi connectivity index (χ3n) is 4.86. The van der Waals surface area contributed by atoms with Crippen LogP contribution in [-0.4, -0.2) is 26.2 Å². The number of hydrogen-bond donors (Lipinski definition) is 1. The van der Waals surface area contributed by atoms with Gasteiger partial charge < -0.3 is 19.5 Å². The molecule has 0 saturated heterocycles. The van der Waals surface area contributed by atoms with Gasteiger partial charge in [0, 0.05) is 5.56 Å². The van der Waals surface area contributed by atoms with E-state index in [4.69, 9.17) is 14.2 Å². The Bertz CT molecular complexity index is 845. The number of rotatable bonds is 9. The molecule has 0 heterocycles. The van der Waals surface area contributed by atoms with Gasteiger partial charge in [-0.25, -0.2) is 0 Å². The number of amides is 1. The number of hydrogen-bond acceptors (Lipinski definition) is 4. The average Bonchev–Trinajstić information content (AvgIpc) is 2.68.